The fourth-order valence-electron chi connectivity index (χ4n) is 6.97. The van der Waals surface area contributed by atoms with Crippen LogP contribution in [-0.2, 0) is 12.8 Å². The summed E-state index contributed by atoms with van der Waals surface area (Å²) in [6.45, 7) is 4.47. The molecule has 0 saturated heterocycles. The molecule has 0 nitrogen and oxygen atoms in total. The normalized spacial score (nSPS) is 31.3. The van der Waals surface area contributed by atoms with E-state index in [4.69, 9.17) is 0 Å². The summed E-state index contributed by atoms with van der Waals surface area (Å²) in [4.78, 5) is 0. The van der Waals surface area contributed by atoms with Crippen LogP contribution in [0, 0.1) is 35.3 Å². The van der Waals surface area contributed by atoms with Gasteiger partial charge in [0.2, 0.25) is 0 Å². The lowest BCUT2D eigenvalue weighted by molar-refractivity contribution is 0.111. The summed E-state index contributed by atoms with van der Waals surface area (Å²) in [5.41, 5.74) is 2.21. The first-order valence-corrected chi connectivity index (χ1v) is 13.1. The number of fused-ring (bicyclic) bond motifs is 2. The fraction of sp³-hybridized carbons (Fsp3) is 0.786. The Balaban J connectivity index is 1.36. The zero-order valence-corrected chi connectivity index (χ0v) is 19.3. The van der Waals surface area contributed by atoms with Crippen LogP contribution in [0.25, 0.3) is 0 Å². The van der Waals surface area contributed by atoms with Crippen LogP contribution in [0.5, 0.6) is 0 Å². The van der Waals surface area contributed by atoms with E-state index in [-0.39, 0.29) is 17.6 Å². The van der Waals surface area contributed by atoms with Crippen molar-refractivity contribution in [2.75, 3.05) is 0 Å². The lowest BCUT2D eigenvalue weighted by Gasteiger charge is -2.42. The number of hydrogen-bond donors (Lipinski definition) is 0. The Labute approximate surface area is 183 Å². The van der Waals surface area contributed by atoms with Crippen LogP contribution in [0.15, 0.2) is 6.07 Å². The Morgan fingerprint density at radius 3 is 2.50 bits per heavy atom. The molecule has 168 valence electrons. The van der Waals surface area contributed by atoms with Gasteiger partial charge in [0, 0.05) is 5.56 Å². The molecule has 4 rings (SSSR count). The van der Waals surface area contributed by atoms with Gasteiger partial charge in [0.25, 0.3) is 0 Å². The number of hydrogen-bond acceptors (Lipinski definition) is 0. The molecule has 30 heavy (non-hydrogen) atoms. The zero-order valence-electron chi connectivity index (χ0n) is 19.3. The van der Waals surface area contributed by atoms with Crippen molar-refractivity contribution in [1.29, 1.82) is 0 Å². The first-order chi connectivity index (χ1) is 14.6. The van der Waals surface area contributed by atoms with E-state index in [0.29, 0.717) is 17.4 Å². The average Bonchev–Trinajstić information content (AvgIpc) is 2.73. The molecule has 5 unspecified atom stereocenters. The summed E-state index contributed by atoms with van der Waals surface area (Å²) in [7, 11) is 0. The van der Waals surface area contributed by atoms with E-state index >= 15 is 8.78 Å². The van der Waals surface area contributed by atoms with Gasteiger partial charge in [-0.25, -0.2) is 8.78 Å². The lowest BCUT2D eigenvalue weighted by atomic mass is 9.63. The molecule has 2 saturated carbocycles. The van der Waals surface area contributed by atoms with Crippen molar-refractivity contribution in [2.24, 2.45) is 23.7 Å². The molecule has 0 aromatic heterocycles. The van der Waals surface area contributed by atoms with E-state index in [2.05, 4.69) is 13.8 Å². The maximum Gasteiger partial charge on any atom is 0.133 e. The highest BCUT2D eigenvalue weighted by atomic mass is 19.1. The molecule has 0 aliphatic heterocycles. The highest BCUT2D eigenvalue weighted by Crippen LogP contribution is 2.49. The van der Waals surface area contributed by atoms with E-state index in [1.54, 1.807) is 6.07 Å². The van der Waals surface area contributed by atoms with Crippen molar-refractivity contribution >= 4 is 0 Å². The molecule has 1 aromatic rings. The smallest absolute Gasteiger partial charge is 0.133 e. The molecule has 0 spiro atoms. The molecule has 1 aromatic carbocycles. The minimum absolute atomic E-state index is 0.0986. The molecular weight excluding hydrogens is 374 g/mol. The third-order valence-electron chi connectivity index (χ3n) is 8.75. The van der Waals surface area contributed by atoms with Gasteiger partial charge in [-0.1, -0.05) is 58.8 Å². The number of halogens is 2. The van der Waals surface area contributed by atoms with Gasteiger partial charge in [-0.05, 0) is 98.1 Å². The summed E-state index contributed by atoms with van der Waals surface area (Å²) in [6, 6.07) is 1.69. The minimum atomic E-state index is -0.260. The van der Waals surface area contributed by atoms with Crippen LogP contribution in [-0.4, -0.2) is 0 Å². The van der Waals surface area contributed by atoms with Crippen molar-refractivity contribution in [2.45, 2.75) is 116 Å². The Hall–Kier alpha value is -0.920. The minimum Gasteiger partial charge on any atom is -0.207 e. The Bertz CT molecular complexity index is 709. The van der Waals surface area contributed by atoms with Crippen molar-refractivity contribution in [3.05, 3.63) is 34.4 Å². The molecule has 3 aliphatic rings. The number of unbranched alkanes of at least 4 members (excludes halogenated alkanes) is 4. The second-order valence-electron chi connectivity index (χ2n) is 11.0. The van der Waals surface area contributed by atoms with E-state index in [0.717, 1.165) is 55.1 Å². The number of rotatable bonds is 7. The summed E-state index contributed by atoms with van der Waals surface area (Å²) < 4.78 is 30.4. The quantitative estimate of drug-likeness (QED) is 0.390. The second kappa shape index (κ2) is 10.1. The van der Waals surface area contributed by atoms with Gasteiger partial charge in [-0.15, -0.1) is 0 Å². The van der Waals surface area contributed by atoms with Crippen LogP contribution in [0.4, 0.5) is 8.78 Å². The molecule has 3 aliphatic carbocycles. The summed E-state index contributed by atoms with van der Waals surface area (Å²) in [6.07, 6.45) is 18.1. The first-order valence-electron chi connectivity index (χ1n) is 13.1. The second-order valence-corrected chi connectivity index (χ2v) is 11.0. The van der Waals surface area contributed by atoms with E-state index in [9.17, 15) is 0 Å². The largest absolute Gasteiger partial charge is 0.207 e. The molecule has 0 heterocycles. The van der Waals surface area contributed by atoms with Gasteiger partial charge in [0.1, 0.15) is 11.6 Å². The molecule has 0 amide bonds. The van der Waals surface area contributed by atoms with Gasteiger partial charge in [0.15, 0.2) is 0 Å². The van der Waals surface area contributed by atoms with Crippen molar-refractivity contribution in [3.8, 4) is 0 Å². The maximum absolute atomic E-state index is 15.4. The summed E-state index contributed by atoms with van der Waals surface area (Å²) >= 11 is 0. The summed E-state index contributed by atoms with van der Waals surface area (Å²) in [5.74, 6) is 2.60. The van der Waals surface area contributed by atoms with Crippen LogP contribution >= 0.6 is 0 Å². The third-order valence-corrected chi connectivity index (χ3v) is 8.75. The highest BCUT2D eigenvalue weighted by molar-refractivity contribution is 5.39. The molecule has 0 radical (unpaired) electrons. The highest BCUT2D eigenvalue weighted by Gasteiger charge is 2.38. The van der Waals surface area contributed by atoms with Crippen molar-refractivity contribution < 1.29 is 8.78 Å². The van der Waals surface area contributed by atoms with E-state index in [1.165, 1.54) is 64.2 Å². The fourth-order valence-corrected chi connectivity index (χ4v) is 6.97. The molecule has 0 N–H and O–H groups in total. The van der Waals surface area contributed by atoms with Crippen molar-refractivity contribution in [1.82, 2.24) is 0 Å². The first kappa shape index (κ1) is 22.3. The standard InChI is InChI=1S/C28H42F2/c1-3-4-5-6-7-8-20-10-11-22-17-23(13-12-21(22)16-20)27-26(29)18-24-15-19(2)9-14-25(24)28(27)30/h18-23H,3-17H2,1-2H3. The van der Waals surface area contributed by atoms with Crippen LogP contribution < -0.4 is 0 Å². The van der Waals surface area contributed by atoms with Gasteiger partial charge in [-0.2, -0.15) is 0 Å². The zero-order chi connectivity index (χ0) is 21.1. The van der Waals surface area contributed by atoms with Crippen LogP contribution in [0.1, 0.15) is 120 Å². The Morgan fingerprint density at radius 2 is 1.67 bits per heavy atom. The molecular formula is C28H42F2. The van der Waals surface area contributed by atoms with Gasteiger partial charge in [-0.3, -0.25) is 0 Å². The van der Waals surface area contributed by atoms with Crippen LogP contribution in [0.2, 0.25) is 0 Å². The Morgan fingerprint density at radius 1 is 0.900 bits per heavy atom. The molecule has 2 heteroatoms. The average molecular weight is 417 g/mol. The summed E-state index contributed by atoms with van der Waals surface area (Å²) in [5, 5.41) is 0. The SMILES string of the molecule is CCCCCCCC1CCC2CC(c3c(F)cc4c(c3F)CCC(C)C4)CCC2C1. The van der Waals surface area contributed by atoms with Gasteiger partial charge >= 0.3 is 0 Å². The third kappa shape index (κ3) is 4.94. The van der Waals surface area contributed by atoms with Gasteiger partial charge < -0.3 is 0 Å². The predicted molar refractivity (Wildman–Crippen MR) is 122 cm³/mol. The predicted octanol–water partition coefficient (Wildman–Crippen LogP) is 8.75. The van der Waals surface area contributed by atoms with Crippen molar-refractivity contribution in [3.63, 3.8) is 0 Å². The molecule has 0 bridgehead atoms. The van der Waals surface area contributed by atoms with Gasteiger partial charge in [0.05, 0.1) is 0 Å². The van der Waals surface area contributed by atoms with E-state index < -0.39 is 0 Å². The molecule has 5 atom stereocenters. The maximum atomic E-state index is 15.4. The topological polar surface area (TPSA) is 0 Å². The van der Waals surface area contributed by atoms with Crippen LogP contribution in [0.3, 0.4) is 0 Å². The molecule has 2 fully saturated rings. The lowest BCUT2D eigenvalue weighted by Crippen LogP contribution is -2.31. The number of benzene rings is 1. The Kier molecular flexibility index (Phi) is 7.53. The monoisotopic (exact) mass is 416 g/mol. The van der Waals surface area contributed by atoms with E-state index in [1.807, 2.05) is 0 Å².